The molecule has 3 rings (SSSR count). The summed E-state index contributed by atoms with van der Waals surface area (Å²) in [6.07, 6.45) is 5.33. The molecule has 10 heteroatoms. The third-order valence-corrected chi connectivity index (χ3v) is 4.59. The molecule has 0 saturated heterocycles. The monoisotopic (exact) mass is 427 g/mol. The van der Waals surface area contributed by atoms with Crippen LogP contribution in [0.2, 0.25) is 0 Å². The second-order valence-electron chi connectivity index (χ2n) is 6.82. The summed E-state index contributed by atoms with van der Waals surface area (Å²) < 4.78 is 10.9. The van der Waals surface area contributed by atoms with Gasteiger partial charge in [0.25, 0.3) is 0 Å². The zero-order valence-corrected chi connectivity index (χ0v) is 17.0. The first-order chi connectivity index (χ1) is 15.1. The smallest absolute Gasteiger partial charge is 0.319 e. The van der Waals surface area contributed by atoms with Crippen LogP contribution in [0.5, 0.6) is 5.75 Å². The first-order valence-corrected chi connectivity index (χ1v) is 9.75. The van der Waals surface area contributed by atoms with Gasteiger partial charge in [0.15, 0.2) is 0 Å². The van der Waals surface area contributed by atoms with Gasteiger partial charge in [-0.2, -0.15) is 0 Å². The number of aliphatic hydroxyl groups excluding tert-OH is 1. The highest BCUT2D eigenvalue weighted by atomic mass is 16.5. The Hall–Kier alpha value is -3.50. The molecular formula is C21H25N5O5. The van der Waals surface area contributed by atoms with Gasteiger partial charge < -0.3 is 30.5 Å². The van der Waals surface area contributed by atoms with Crippen molar-refractivity contribution in [2.45, 2.75) is 31.2 Å². The lowest BCUT2D eigenvalue weighted by molar-refractivity contribution is -0.125. The molecule has 2 heterocycles. The Morgan fingerprint density at radius 1 is 1.26 bits per heavy atom. The van der Waals surface area contributed by atoms with Crippen molar-refractivity contribution in [3.63, 3.8) is 0 Å². The summed E-state index contributed by atoms with van der Waals surface area (Å²) >= 11 is 0. The minimum absolute atomic E-state index is 0.0841. The molecule has 0 saturated carbocycles. The standard InChI is InChI=1S/C21H25N5O5/c1-30-16-4-2-3-14(9-16)25-21(29)26-18-6-5-17(31-19(18)12-27)10-20(28)23-11-15-7-8-22-13-24-15/h2-9,13,17-19,27H,10-12H2,1H3,(H,23,28)(H2,25,26,29)/t17-,18+,19+/m0/s1. The molecule has 164 valence electrons. The number of aromatic nitrogens is 2. The maximum atomic E-state index is 12.3. The predicted molar refractivity (Wildman–Crippen MR) is 112 cm³/mol. The minimum Gasteiger partial charge on any atom is -0.497 e. The Morgan fingerprint density at radius 3 is 2.87 bits per heavy atom. The van der Waals surface area contributed by atoms with Gasteiger partial charge in [-0.3, -0.25) is 4.79 Å². The highest BCUT2D eigenvalue weighted by Gasteiger charge is 2.29. The van der Waals surface area contributed by atoms with E-state index in [4.69, 9.17) is 9.47 Å². The maximum Gasteiger partial charge on any atom is 0.319 e. The van der Waals surface area contributed by atoms with Gasteiger partial charge in [-0.25, -0.2) is 14.8 Å². The zero-order valence-electron chi connectivity index (χ0n) is 17.0. The maximum absolute atomic E-state index is 12.3. The van der Waals surface area contributed by atoms with E-state index in [1.54, 1.807) is 55.8 Å². The minimum atomic E-state index is -0.680. The van der Waals surface area contributed by atoms with Gasteiger partial charge in [-0.15, -0.1) is 0 Å². The number of carbonyl (C=O) groups is 2. The number of anilines is 1. The van der Waals surface area contributed by atoms with Crippen molar-refractivity contribution in [2.24, 2.45) is 0 Å². The molecule has 3 atom stereocenters. The highest BCUT2D eigenvalue weighted by Crippen LogP contribution is 2.18. The largest absolute Gasteiger partial charge is 0.497 e. The molecule has 1 aromatic heterocycles. The van der Waals surface area contributed by atoms with Gasteiger partial charge in [0.1, 0.15) is 18.2 Å². The normalized spacial score (nSPS) is 20.0. The van der Waals surface area contributed by atoms with Crippen molar-refractivity contribution in [3.05, 3.63) is 60.7 Å². The third-order valence-electron chi connectivity index (χ3n) is 4.59. The lowest BCUT2D eigenvalue weighted by Gasteiger charge is -2.31. The summed E-state index contributed by atoms with van der Waals surface area (Å²) in [6.45, 7) is -0.0245. The molecule has 31 heavy (non-hydrogen) atoms. The van der Waals surface area contributed by atoms with Gasteiger partial charge in [0.2, 0.25) is 5.91 Å². The van der Waals surface area contributed by atoms with Crippen LogP contribution in [0.25, 0.3) is 0 Å². The van der Waals surface area contributed by atoms with Crippen molar-refractivity contribution < 1.29 is 24.2 Å². The van der Waals surface area contributed by atoms with Crippen LogP contribution < -0.4 is 20.7 Å². The summed E-state index contributed by atoms with van der Waals surface area (Å²) in [6, 6.07) is 7.66. The Balaban J connectivity index is 1.49. The summed E-state index contributed by atoms with van der Waals surface area (Å²) in [5.74, 6) is 0.403. The molecule has 3 amide bonds. The molecule has 0 unspecified atom stereocenters. The number of benzene rings is 1. The molecule has 0 aliphatic carbocycles. The van der Waals surface area contributed by atoms with E-state index in [9.17, 15) is 14.7 Å². The van der Waals surface area contributed by atoms with Crippen molar-refractivity contribution >= 4 is 17.6 Å². The highest BCUT2D eigenvalue weighted by molar-refractivity contribution is 5.89. The van der Waals surface area contributed by atoms with E-state index in [-0.39, 0.29) is 25.5 Å². The van der Waals surface area contributed by atoms with Gasteiger partial charge >= 0.3 is 6.03 Å². The quantitative estimate of drug-likeness (QED) is 0.462. The van der Waals surface area contributed by atoms with Crippen LogP contribution in [0.4, 0.5) is 10.5 Å². The lowest BCUT2D eigenvalue weighted by atomic mass is 10.0. The van der Waals surface area contributed by atoms with E-state index >= 15 is 0 Å². The molecule has 1 aromatic carbocycles. The van der Waals surface area contributed by atoms with E-state index in [2.05, 4.69) is 25.9 Å². The van der Waals surface area contributed by atoms with E-state index in [0.717, 1.165) is 0 Å². The van der Waals surface area contributed by atoms with Crippen molar-refractivity contribution in [1.82, 2.24) is 20.6 Å². The summed E-state index contributed by atoms with van der Waals surface area (Å²) in [5, 5.41) is 17.9. The van der Waals surface area contributed by atoms with E-state index < -0.39 is 24.3 Å². The molecule has 2 aromatic rings. The van der Waals surface area contributed by atoms with Crippen LogP contribution in [0.1, 0.15) is 12.1 Å². The molecular weight excluding hydrogens is 402 g/mol. The number of carbonyl (C=O) groups excluding carboxylic acids is 2. The molecule has 0 spiro atoms. The number of ether oxygens (including phenoxy) is 2. The average Bonchev–Trinajstić information content (AvgIpc) is 2.79. The van der Waals surface area contributed by atoms with Crippen LogP contribution >= 0.6 is 0 Å². The van der Waals surface area contributed by atoms with Crippen LogP contribution in [-0.4, -0.2) is 59.0 Å². The van der Waals surface area contributed by atoms with Gasteiger partial charge in [-0.1, -0.05) is 18.2 Å². The molecule has 1 aliphatic heterocycles. The second-order valence-corrected chi connectivity index (χ2v) is 6.82. The Labute approximate surface area is 179 Å². The van der Waals surface area contributed by atoms with Crippen LogP contribution in [0.3, 0.4) is 0 Å². The summed E-state index contributed by atoms with van der Waals surface area (Å²) in [7, 11) is 1.54. The number of rotatable bonds is 8. The Bertz CT molecular complexity index is 908. The van der Waals surface area contributed by atoms with Crippen LogP contribution in [0.15, 0.2) is 55.0 Å². The summed E-state index contributed by atoms with van der Waals surface area (Å²) in [5.41, 5.74) is 1.26. The fourth-order valence-electron chi connectivity index (χ4n) is 3.02. The third kappa shape index (κ3) is 6.76. The van der Waals surface area contributed by atoms with E-state index in [1.807, 2.05) is 0 Å². The fraction of sp³-hybridized carbons (Fsp3) is 0.333. The molecule has 1 aliphatic rings. The molecule has 0 radical (unpaired) electrons. The number of hydrogen-bond donors (Lipinski definition) is 4. The Kier molecular flexibility index (Phi) is 7.91. The average molecular weight is 427 g/mol. The van der Waals surface area contributed by atoms with Gasteiger partial charge in [-0.05, 0) is 18.2 Å². The number of nitrogens with zero attached hydrogens (tertiary/aromatic N) is 2. The van der Waals surface area contributed by atoms with E-state index in [0.29, 0.717) is 17.1 Å². The predicted octanol–water partition coefficient (Wildman–Crippen LogP) is 0.998. The number of nitrogens with one attached hydrogen (secondary N) is 3. The van der Waals surface area contributed by atoms with Crippen molar-refractivity contribution in [3.8, 4) is 5.75 Å². The number of amides is 3. The SMILES string of the molecule is COc1cccc(NC(=O)N[C@@H]2C=C[C@@H](CC(=O)NCc3ccncn3)O[C@@H]2CO)c1. The van der Waals surface area contributed by atoms with Crippen LogP contribution in [-0.2, 0) is 16.1 Å². The van der Waals surface area contributed by atoms with Gasteiger partial charge in [0, 0.05) is 18.0 Å². The number of aliphatic hydroxyl groups is 1. The molecule has 10 nitrogen and oxygen atoms in total. The Morgan fingerprint density at radius 2 is 2.13 bits per heavy atom. The zero-order chi connectivity index (χ0) is 22.1. The first kappa shape index (κ1) is 22.2. The molecule has 0 fully saturated rings. The molecule has 0 bridgehead atoms. The number of hydrogen-bond acceptors (Lipinski definition) is 7. The molecule has 4 N–H and O–H groups in total. The first-order valence-electron chi connectivity index (χ1n) is 9.75. The van der Waals surface area contributed by atoms with Crippen molar-refractivity contribution in [1.29, 1.82) is 0 Å². The lowest BCUT2D eigenvalue weighted by Crippen LogP contribution is -2.50. The summed E-state index contributed by atoms with van der Waals surface area (Å²) in [4.78, 5) is 32.4. The number of methoxy groups -OCH3 is 1. The topological polar surface area (TPSA) is 135 Å². The van der Waals surface area contributed by atoms with Gasteiger partial charge in [0.05, 0.1) is 44.5 Å². The van der Waals surface area contributed by atoms with E-state index in [1.165, 1.54) is 6.33 Å². The number of urea groups is 1. The van der Waals surface area contributed by atoms with Crippen LogP contribution in [0, 0.1) is 0 Å². The van der Waals surface area contributed by atoms with Crippen molar-refractivity contribution in [2.75, 3.05) is 19.0 Å². The fourth-order valence-corrected chi connectivity index (χ4v) is 3.02. The second kappa shape index (κ2) is 11.0.